The lowest BCUT2D eigenvalue weighted by molar-refractivity contribution is 0.0443. The average molecular weight is 332 g/mol. The molecule has 2 unspecified atom stereocenters. The predicted molar refractivity (Wildman–Crippen MR) is 85.4 cm³/mol. The highest BCUT2D eigenvalue weighted by Crippen LogP contribution is 2.47. The Morgan fingerprint density at radius 1 is 1.32 bits per heavy atom. The molecule has 1 saturated carbocycles. The van der Waals surface area contributed by atoms with Gasteiger partial charge in [0.15, 0.2) is 0 Å². The minimum absolute atomic E-state index is 0.332. The third kappa shape index (κ3) is 4.28. The number of nitrogens with one attached hydrogen (secondary N) is 1. The van der Waals surface area contributed by atoms with Crippen LogP contribution in [0.4, 0.5) is 4.79 Å². The Kier molecular flexibility index (Phi) is 5.63. The van der Waals surface area contributed by atoms with Gasteiger partial charge < -0.3 is 19.0 Å². The monoisotopic (exact) mass is 332 g/mol. The maximum Gasteiger partial charge on any atom is 0.432 e. The van der Waals surface area contributed by atoms with E-state index in [-0.39, 0.29) is 0 Å². The van der Waals surface area contributed by atoms with Gasteiger partial charge >= 0.3 is 6.09 Å². The molecule has 0 aromatic heterocycles. The van der Waals surface area contributed by atoms with Crippen molar-refractivity contribution >= 4 is 17.5 Å². The number of amides is 1. The molecule has 1 aliphatic carbocycles. The van der Waals surface area contributed by atoms with Gasteiger partial charge in [-0.25, -0.2) is 4.79 Å². The SMILES string of the molecule is COC1CCC2(CCN(C(=O)ON[S+]([O-])C(C)(C)C)CC2)C1. The summed E-state index contributed by atoms with van der Waals surface area (Å²) < 4.78 is 16.8. The summed E-state index contributed by atoms with van der Waals surface area (Å²) in [6.07, 6.45) is 5.31. The van der Waals surface area contributed by atoms with Gasteiger partial charge in [0.2, 0.25) is 0 Å². The molecular weight excluding hydrogens is 304 g/mol. The van der Waals surface area contributed by atoms with Crippen molar-refractivity contribution < 1.29 is 18.9 Å². The Morgan fingerprint density at radius 2 is 1.95 bits per heavy atom. The second-order valence-electron chi connectivity index (χ2n) is 7.42. The molecule has 2 fully saturated rings. The molecule has 2 rings (SSSR count). The number of ether oxygens (including phenoxy) is 1. The molecule has 0 aromatic rings. The quantitative estimate of drug-likeness (QED) is 0.634. The predicted octanol–water partition coefficient (Wildman–Crippen LogP) is 2.37. The van der Waals surface area contributed by atoms with Crippen LogP contribution in [0.15, 0.2) is 0 Å². The van der Waals surface area contributed by atoms with E-state index < -0.39 is 22.2 Å². The van der Waals surface area contributed by atoms with Crippen LogP contribution < -0.4 is 4.89 Å². The van der Waals surface area contributed by atoms with Crippen molar-refractivity contribution in [1.29, 1.82) is 0 Å². The van der Waals surface area contributed by atoms with E-state index >= 15 is 0 Å². The van der Waals surface area contributed by atoms with Gasteiger partial charge in [0.05, 0.1) is 17.5 Å². The van der Waals surface area contributed by atoms with E-state index in [1.807, 2.05) is 20.8 Å². The highest BCUT2D eigenvalue weighted by Gasteiger charge is 2.42. The number of likely N-dealkylation sites (tertiary alicyclic amines) is 1. The Bertz CT molecular complexity index is 391. The molecule has 1 amide bonds. The van der Waals surface area contributed by atoms with E-state index in [9.17, 15) is 9.35 Å². The van der Waals surface area contributed by atoms with Crippen LogP contribution in [0.1, 0.15) is 52.9 Å². The van der Waals surface area contributed by atoms with Crippen molar-refractivity contribution in [3.05, 3.63) is 0 Å². The molecule has 1 N–H and O–H groups in total. The topological polar surface area (TPSA) is 73.9 Å². The molecule has 7 heteroatoms. The van der Waals surface area contributed by atoms with Crippen LogP contribution in [-0.4, -0.2) is 46.6 Å². The first-order valence-corrected chi connectivity index (χ1v) is 9.07. The van der Waals surface area contributed by atoms with Crippen LogP contribution in [0.25, 0.3) is 0 Å². The van der Waals surface area contributed by atoms with E-state index in [1.165, 1.54) is 6.42 Å². The number of methoxy groups -OCH3 is 1. The first-order chi connectivity index (χ1) is 10.3. The lowest BCUT2D eigenvalue weighted by Gasteiger charge is -2.38. The minimum Gasteiger partial charge on any atom is -0.595 e. The molecule has 1 aliphatic heterocycles. The highest BCUT2D eigenvalue weighted by molar-refractivity contribution is 7.90. The average Bonchev–Trinajstić information content (AvgIpc) is 2.87. The van der Waals surface area contributed by atoms with Gasteiger partial charge in [0.1, 0.15) is 4.75 Å². The lowest BCUT2D eigenvalue weighted by Crippen LogP contribution is -2.47. The van der Waals surface area contributed by atoms with Crippen LogP contribution in [0.2, 0.25) is 0 Å². The van der Waals surface area contributed by atoms with Crippen molar-refractivity contribution in [2.24, 2.45) is 5.41 Å². The van der Waals surface area contributed by atoms with Crippen molar-refractivity contribution in [3.63, 3.8) is 0 Å². The highest BCUT2D eigenvalue weighted by atomic mass is 32.2. The van der Waals surface area contributed by atoms with Crippen molar-refractivity contribution in [3.8, 4) is 0 Å². The standard InChI is InChI=1S/C15H28N2O4S/c1-14(2,3)22(19)16-21-13(18)17-9-7-15(8-10-17)6-5-12(11-15)20-4/h12,16H,5-11H2,1-4H3. The molecule has 6 nitrogen and oxygen atoms in total. The number of carbonyl (C=O) groups is 1. The Labute approximate surface area is 136 Å². The number of carbonyl (C=O) groups excluding carboxylic acids is 1. The first-order valence-electron chi connectivity index (χ1n) is 7.92. The molecule has 2 aliphatic rings. The number of piperidine rings is 1. The van der Waals surface area contributed by atoms with Gasteiger partial charge in [-0.3, -0.25) is 0 Å². The van der Waals surface area contributed by atoms with Crippen LogP contribution in [0.3, 0.4) is 0 Å². The molecule has 22 heavy (non-hydrogen) atoms. The second kappa shape index (κ2) is 6.95. The van der Waals surface area contributed by atoms with Crippen LogP contribution >= 0.6 is 0 Å². The summed E-state index contributed by atoms with van der Waals surface area (Å²) in [5, 5.41) is 0. The summed E-state index contributed by atoms with van der Waals surface area (Å²) in [5.74, 6) is 0. The van der Waals surface area contributed by atoms with Crippen LogP contribution in [-0.2, 0) is 20.9 Å². The molecule has 0 radical (unpaired) electrons. The third-order valence-electron chi connectivity index (χ3n) is 4.83. The van der Waals surface area contributed by atoms with E-state index in [0.717, 1.165) is 25.7 Å². The fourth-order valence-electron chi connectivity index (χ4n) is 3.24. The van der Waals surface area contributed by atoms with Gasteiger partial charge in [0.25, 0.3) is 0 Å². The largest absolute Gasteiger partial charge is 0.595 e. The third-order valence-corrected chi connectivity index (χ3v) is 6.18. The normalized spacial score (nSPS) is 26.2. The zero-order valence-electron chi connectivity index (χ0n) is 14.0. The molecule has 0 bridgehead atoms. The van der Waals surface area contributed by atoms with E-state index in [1.54, 1.807) is 12.0 Å². The van der Waals surface area contributed by atoms with Crippen LogP contribution in [0.5, 0.6) is 0 Å². The molecule has 1 saturated heterocycles. The van der Waals surface area contributed by atoms with Gasteiger partial charge in [-0.05, 0) is 58.3 Å². The fourth-order valence-corrected chi connectivity index (χ4v) is 3.63. The van der Waals surface area contributed by atoms with Gasteiger partial charge in [-0.1, -0.05) is 0 Å². The summed E-state index contributed by atoms with van der Waals surface area (Å²) in [4.78, 5) is 21.1. The van der Waals surface area contributed by atoms with Gasteiger partial charge in [-0.2, -0.15) is 0 Å². The number of rotatable bonds is 3. The van der Waals surface area contributed by atoms with Crippen molar-refractivity contribution in [1.82, 2.24) is 9.79 Å². The summed E-state index contributed by atoms with van der Waals surface area (Å²) in [5.41, 5.74) is 0.332. The zero-order chi connectivity index (χ0) is 16.4. The summed E-state index contributed by atoms with van der Waals surface area (Å²) in [6, 6.07) is 0. The zero-order valence-corrected chi connectivity index (χ0v) is 14.8. The summed E-state index contributed by atoms with van der Waals surface area (Å²) in [6.45, 7) is 6.85. The molecule has 1 heterocycles. The Morgan fingerprint density at radius 3 is 2.45 bits per heavy atom. The van der Waals surface area contributed by atoms with E-state index in [2.05, 4.69) is 4.89 Å². The van der Waals surface area contributed by atoms with Gasteiger partial charge in [-0.15, -0.1) is 0 Å². The smallest absolute Gasteiger partial charge is 0.432 e. The summed E-state index contributed by atoms with van der Waals surface area (Å²) >= 11 is -1.41. The van der Waals surface area contributed by atoms with Crippen molar-refractivity contribution in [2.45, 2.75) is 63.7 Å². The summed E-state index contributed by atoms with van der Waals surface area (Å²) in [7, 11) is 1.77. The van der Waals surface area contributed by atoms with E-state index in [0.29, 0.717) is 24.6 Å². The molecular formula is C15H28N2O4S. The number of hydrogen-bond donors (Lipinski definition) is 1. The fraction of sp³-hybridized carbons (Fsp3) is 0.933. The molecule has 128 valence electrons. The first kappa shape index (κ1) is 17.8. The van der Waals surface area contributed by atoms with E-state index in [4.69, 9.17) is 9.57 Å². The minimum atomic E-state index is -1.41. The number of nitrogens with zero attached hydrogens (tertiary/aromatic N) is 1. The molecule has 2 atom stereocenters. The lowest BCUT2D eigenvalue weighted by atomic mass is 9.77. The Hall–Kier alpha value is -0.500. The van der Waals surface area contributed by atoms with Crippen LogP contribution in [0, 0.1) is 5.41 Å². The second-order valence-corrected chi connectivity index (χ2v) is 9.35. The molecule has 1 spiro atoms. The number of hydrogen-bond acceptors (Lipinski definition) is 5. The molecule has 0 aromatic carbocycles. The van der Waals surface area contributed by atoms with Gasteiger partial charge in [0, 0.05) is 25.1 Å². The van der Waals surface area contributed by atoms with Crippen molar-refractivity contribution in [2.75, 3.05) is 20.2 Å². The maximum absolute atomic E-state index is 12.0. The Balaban J connectivity index is 1.76. The maximum atomic E-state index is 12.0.